The van der Waals surface area contributed by atoms with Crippen LogP contribution in [0.4, 0.5) is 0 Å². The van der Waals surface area contributed by atoms with E-state index in [1.807, 2.05) is 68.4 Å². The first kappa shape index (κ1) is 22.3. The zero-order chi connectivity index (χ0) is 23.4. The third-order valence-corrected chi connectivity index (χ3v) is 5.86. The van der Waals surface area contributed by atoms with Gasteiger partial charge in [0.05, 0.1) is 18.2 Å². The van der Waals surface area contributed by atoms with Gasteiger partial charge in [-0.2, -0.15) is 0 Å². The van der Waals surface area contributed by atoms with Crippen LogP contribution in [0.1, 0.15) is 35.2 Å². The molecule has 1 amide bonds. The number of nitrogens with zero attached hydrogens (tertiary/aromatic N) is 1. The zero-order valence-corrected chi connectivity index (χ0v) is 18.8. The summed E-state index contributed by atoms with van der Waals surface area (Å²) >= 11 is 0. The second-order valence-corrected chi connectivity index (χ2v) is 8.10. The highest BCUT2D eigenvalue weighted by Crippen LogP contribution is 2.39. The average molecular weight is 442 g/mol. The Bertz CT molecular complexity index is 1160. The number of Topliss-reactive ketones (excluding diaryl/α,β-unsaturated/α-hetero) is 1. The van der Waals surface area contributed by atoms with Crippen LogP contribution in [-0.4, -0.2) is 34.8 Å². The number of hydrogen-bond acceptors (Lipinski definition) is 4. The van der Waals surface area contributed by atoms with Gasteiger partial charge < -0.3 is 14.7 Å². The maximum atomic E-state index is 13.1. The molecule has 168 valence electrons. The van der Waals surface area contributed by atoms with Crippen molar-refractivity contribution in [1.82, 2.24) is 4.90 Å². The minimum absolute atomic E-state index is 0.112. The molecule has 5 nitrogen and oxygen atoms in total. The Balaban J connectivity index is 1.75. The summed E-state index contributed by atoms with van der Waals surface area (Å²) in [5.41, 5.74) is 3.53. The maximum Gasteiger partial charge on any atom is 0.295 e. The minimum Gasteiger partial charge on any atom is -0.507 e. The lowest BCUT2D eigenvalue weighted by Gasteiger charge is -2.25. The molecule has 1 heterocycles. The molecule has 0 aromatic heterocycles. The molecule has 1 saturated heterocycles. The van der Waals surface area contributed by atoms with Crippen LogP contribution in [0.5, 0.6) is 5.75 Å². The van der Waals surface area contributed by atoms with Crippen LogP contribution < -0.4 is 4.74 Å². The molecule has 1 aliphatic rings. The Kier molecular flexibility index (Phi) is 6.59. The van der Waals surface area contributed by atoms with Crippen LogP contribution in [0.3, 0.4) is 0 Å². The number of aryl methyl sites for hydroxylation is 1. The van der Waals surface area contributed by atoms with Crippen molar-refractivity contribution in [1.29, 1.82) is 0 Å². The number of carbonyl (C=O) groups is 2. The third kappa shape index (κ3) is 4.67. The van der Waals surface area contributed by atoms with Gasteiger partial charge in [-0.05, 0) is 55.7 Å². The van der Waals surface area contributed by atoms with E-state index in [2.05, 4.69) is 0 Å². The molecular formula is C28H27NO4. The lowest BCUT2D eigenvalue weighted by Crippen LogP contribution is -2.31. The number of likely N-dealkylation sites (tertiary alicyclic amines) is 1. The largest absolute Gasteiger partial charge is 0.507 e. The zero-order valence-electron chi connectivity index (χ0n) is 18.8. The summed E-state index contributed by atoms with van der Waals surface area (Å²) < 4.78 is 5.47. The lowest BCUT2D eigenvalue weighted by atomic mass is 9.94. The van der Waals surface area contributed by atoms with Crippen molar-refractivity contribution < 1.29 is 19.4 Å². The number of aliphatic hydroxyl groups is 1. The van der Waals surface area contributed by atoms with Crippen molar-refractivity contribution in [3.05, 3.63) is 107 Å². The Morgan fingerprint density at radius 3 is 2.24 bits per heavy atom. The normalized spacial score (nSPS) is 17.4. The molecule has 0 bridgehead atoms. The van der Waals surface area contributed by atoms with Gasteiger partial charge in [-0.3, -0.25) is 9.59 Å². The fraction of sp³-hybridized carbons (Fsp3) is 0.214. The van der Waals surface area contributed by atoms with E-state index in [0.717, 1.165) is 16.7 Å². The van der Waals surface area contributed by atoms with Gasteiger partial charge in [0, 0.05) is 12.1 Å². The smallest absolute Gasteiger partial charge is 0.295 e. The molecule has 1 aliphatic heterocycles. The van der Waals surface area contributed by atoms with E-state index in [0.29, 0.717) is 30.9 Å². The number of aliphatic hydroxyl groups excluding tert-OH is 1. The van der Waals surface area contributed by atoms with Crippen molar-refractivity contribution >= 4 is 17.4 Å². The molecule has 5 heteroatoms. The van der Waals surface area contributed by atoms with Gasteiger partial charge in [0.15, 0.2) is 0 Å². The van der Waals surface area contributed by atoms with Gasteiger partial charge in [-0.15, -0.1) is 0 Å². The van der Waals surface area contributed by atoms with Crippen LogP contribution in [0.15, 0.2) is 84.4 Å². The first-order chi connectivity index (χ1) is 16.0. The number of benzene rings is 3. The molecule has 33 heavy (non-hydrogen) atoms. The summed E-state index contributed by atoms with van der Waals surface area (Å²) in [5, 5.41) is 11.2. The number of ether oxygens (including phenoxy) is 1. The monoisotopic (exact) mass is 441 g/mol. The fourth-order valence-electron chi connectivity index (χ4n) is 4.13. The van der Waals surface area contributed by atoms with Crippen molar-refractivity contribution in [3.8, 4) is 5.75 Å². The summed E-state index contributed by atoms with van der Waals surface area (Å²) in [4.78, 5) is 27.8. The Morgan fingerprint density at radius 1 is 0.939 bits per heavy atom. The molecule has 0 radical (unpaired) electrons. The number of hydrogen-bond donors (Lipinski definition) is 1. The van der Waals surface area contributed by atoms with Crippen molar-refractivity contribution in [2.45, 2.75) is 26.3 Å². The molecule has 1 atom stereocenters. The van der Waals surface area contributed by atoms with E-state index in [1.54, 1.807) is 29.2 Å². The van der Waals surface area contributed by atoms with Crippen LogP contribution >= 0.6 is 0 Å². The molecule has 1 fully saturated rings. The standard InChI is InChI=1S/C28H27NO4/c1-3-33-23-15-13-22(14-16-23)26(30)24-25(21-11-9-19(2)10-12-21)29(28(32)27(24)31)18-17-20-7-5-4-6-8-20/h4-16,25,30H,3,17-18H2,1-2H3/b26-24+. The van der Waals surface area contributed by atoms with Gasteiger partial charge in [0.1, 0.15) is 11.5 Å². The molecular weight excluding hydrogens is 414 g/mol. The van der Waals surface area contributed by atoms with E-state index in [9.17, 15) is 14.7 Å². The third-order valence-electron chi connectivity index (χ3n) is 5.86. The molecule has 0 aliphatic carbocycles. The quantitative estimate of drug-likeness (QED) is 0.316. The van der Waals surface area contributed by atoms with Gasteiger partial charge in [0.25, 0.3) is 11.7 Å². The lowest BCUT2D eigenvalue weighted by molar-refractivity contribution is -0.139. The van der Waals surface area contributed by atoms with E-state index >= 15 is 0 Å². The summed E-state index contributed by atoms with van der Waals surface area (Å²) in [5.74, 6) is -0.763. The second-order valence-electron chi connectivity index (χ2n) is 8.10. The Hall–Kier alpha value is -3.86. The van der Waals surface area contributed by atoms with Gasteiger partial charge in [-0.25, -0.2) is 0 Å². The van der Waals surface area contributed by atoms with Gasteiger partial charge >= 0.3 is 0 Å². The summed E-state index contributed by atoms with van der Waals surface area (Å²) in [6.07, 6.45) is 0.610. The van der Waals surface area contributed by atoms with Crippen molar-refractivity contribution in [3.63, 3.8) is 0 Å². The molecule has 3 aromatic carbocycles. The second kappa shape index (κ2) is 9.74. The summed E-state index contributed by atoms with van der Waals surface area (Å²) in [7, 11) is 0. The predicted molar refractivity (Wildman–Crippen MR) is 128 cm³/mol. The van der Waals surface area contributed by atoms with Crippen LogP contribution in [-0.2, 0) is 16.0 Å². The minimum atomic E-state index is -0.667. The first-order valence-electron chi connectivity index (χ1n) is 11.1. The van der Waals surface area contributed by atoms with E-state index in [4.69, 9.17) is 4.74 Å². The topological polar surface area (TPSA) is 66.8 Å². The first-order valence-corrected chi connectivity index (χ1v) is 11.1. The highest BCUT2D eigenvalue weighted by molar-refractivity contribution is 6.46. The molecule has 0 saturated carbocycles. The van der Waals surface area contributed by atoms with Gasteiger partial charge in [0.2, 0.25) is 0 Å². The number of carbonyl (C=O) groups excluding carboxylic acids is 2. The Morgan fingerprint density at radius 2 is 1.61 bits per heavy atom. The van der Waals surface area contributed by atoms with Crippen molar-refractivity contribution in [2.24, 2.45) is 0 Å². The van der Waals surface area contributed by atoms with E-state index in [1.165, 1.54) is 0 Å². The van der Waals surface area contributed by atoms with Crippen LogP contribution in [0.25, 0.3) is 5.76 Å². The number of rotatable bonds is 7. The average Bonchev–Trinajstić information content (AvgIpc) is 3.09. The summed E-state index contributed by atoms with van der Waals surface area (Å²) in [6, 6.07) is 23.8. The predicted octanol–water partition coefficient (Wildman–Crippen LogP) is 5.06. The molecule has 1 unspecified atom stereocenters. The van der Waals surface area contributed by atoms with E-state index < -0.39 is 17.7 Å². The summed E-state index contributed by atoms with van der Waals surface area (Å²) in [6.45, 7) is 4.78. The van der Waals surface area contributed by atoms with Crippen LogP contribution in [0.2, 0.25) is 0 Å². The fourth-order valence-corrected chi connectivity index (χ4v) is 4.13. The maximum absolute atomic E-state index is 13.1. The van der Waals surface area contributed by atoms with Crippen LogP contribution in [0, 0.1) is 6.92 Å². The number of ketones is 1. The molecule has 3 aromatic rings. The Labute approximate surface area is 193 Å². The highest BCUT2D eigenvalue weighted by Gasteiger charge is 2.45. The molecule has 0 spiro atoms. The molecule has 4 rings (SSSR count). The SMILES string of the molecule is CCOc1ccc(/C(O)=C2\C(=O)C(=O)N(CCc3ccccc3)C2c2ccc(C)cc2)cc1. The van der Waals surface area contributed by atoms with E-state index in [-0.39, 0.29) is 11.3 Å². The highest BCUT2D eigenvalue weighted by atomic mass is 16.5. The van der Waals surface area contributed by atoms with Crippen molar-refractivity contribution in [2.75, 3.05) is 13.2 Å². The van der Waals surface area contributed by atoms with Gasteiger partial charge in [-0.1, -0.05) is 60.2 Å². The number of amides is 1. The molecule has 1 N–H and O–H groups in total.